The van der Waals surface area contributed by atoms with E-state index in [0.717, 1.165) is 33.4 Å². The molecule has 5 atom stereocenters. The second-order valence-electron chi connectivity index (χ2n) is 17.6. The Bertz CT molecular complexity index is 2530. The summed E-state index contributed by atoms with van der Waals surface area (Å²) in [5, 5.41) is 11.4. The zero-order chi connectivity index (χ0) is 45.7. The molecule has 1 amide bonds. The van der Waals surface area contributed by atoms with Crippen LogP contribution in [-0.2, 0) is 56.5 Å². The summed E-state index contributed by atoms with van der Waals surface area (Å²) in [6.45, 7) is 7.42. The summed E-state index contributed by atoms with van der Waals surface area (Å²) >= 11 is 1.78. The molecule has 1 aliphatic rings. The molecule has 0 aliphatic carbocycles. The van der Waals surface area contributed by atoms with Gasteiger partial charge in [-0.3, -0.25) is 0 Å². The number of ether oxygens (including phenoxy) is 6. The van der Waals surface area contributed by atoms with Crippen LogP contribution in [0.15, 0.2) is 170 Å². The first-order chi connectivity index (χ1) is 32.2. The third-order valence-corrected chi connectivity index (χ3v) is 12.8. The lowest BCUT2D eigenvalue weighted by Crippen LogP contribution is -2.58. The Kier molecular flexibility index (Phi) is 16.0. The summed E-state index contributed by atoms with van der Waals surface area (Å²) in [5.41, 5.74) is 5.28. The third kappa shape index (κ3) is 12.5. The Morgan fingerprint density at radius 1 is 0.621 bits per heavy atom. The van der Waals surface area contributed by atoms with Gasteiger partial charge in [-0.1, -0.05) is 146 Å². The van der Waals surface area contributed by atoms with Crippen LogP contribution in [0.25, 0.3) is 10.1 Å². The molecule has 1 fully saturated rings. The van der Waals surface area contributed by atoms with Crippen molar-refractivity contribution in [1.82, 2.24) is 4.90 Å². The summed E-state index contributed by atoms with van der Waals surface area (Å²) < 4.78 is 42.9. The normalized spacial score (nSPS) is 18.6. The molecule has 0 bridgehead atoms. The quantitative estimate of drug-likeness (QED) is 0.0808. The van der Waals surface area contributed by atoms with Gasteiger partial charge in [-0.05, 0) is 78.2 Å². The van der Waals surface area contributed by atoms with Gasteiger partial charge in [-0.2, -0.15) is 0 Å². The maximum Gasteiger partial charge on any atom is 0.407 e. The fraction of sp³-hybridized carbons (Fsp3) is 0.304. The lowest BCUT2D eigenvalue weighted by Gasteiger charge is -2.46. The molecule has 10 heteroatoms. The molecule has 0 radical (unpaired) electrons. The Balaban J connectivity index is 1.21. The van der Waals surface area contributed by atoms with E-state index in [2.05, 4.69) is 54.6 Å². The van der Waals surface area contributed by atoms with E-state index in [1.807, 2.05) is 136 Å². The minimum absolute atomic E-state index is 0.120. The number of fused-ring (bicyclic) bond motifs is 1. The molecule has 1 saturated heterocycles. The smallest absolute Gasteiger partial charge is 0.407 e. The van der Waals surface area contributed by atoms with Crippen LogP contribution in [0, 0.1) is 0 Å². The van der Waals surface area contributed by atoms with E-state index in [1.165, 1.54) is 19.9 Å². The highest BCUT2D eigenvalue weighted by Gasteiger charge is 2.50. The first-order valence-corrected chi connectivity index (χ1v) is 23.5. The highest BCUT2D eigenvalue weighted by molar-refractivity contribution is 7.19. The van der Waals surface area contributed by atoms with Crippen molar-refractivity contribution in [2.75, 3.05) is 19.8 Å². The van der Waals surface area contributed by atoms with Gasteiger partial charge in [0.15, 0.2) is 0 Å². The van der Waals surface area contributed by atoms with Crippen molar-refractivity contribution in [3.05, 3.63) is 208 Å². The summed E-state index contributed by atoms with van der Waals surface area (Å²) in [4.78, 5) is 15.0. The molecule has 6 aromatic carbocycles. The maximum absolute atomic E-state index is 12.4. The van der Waals surface area contributed by atoms with Gasteiger partial charge in [0.2, 0.25) is 0 Å². The van der Waals surface area contributed by atoms with Crippen molar-refractivity contribution in [1.29, 1.82) is 0 Å². The van der Waals surface area contributed by atoms with Crippen LogP contribution in [0.2, 0.25) is 0 Å². The molecule has 1 aliphatic heterocycles. The summed E-state index contributed by atoms with van der Waals surface area (Å²) in [7, 11) is 0. The predicted molar refractivity (Wildman–Crippen MR) is 260 cm³/mol. The molecule has 7 aromatic rings. The van der Waals surface area contributed by atoms with Gasteiger partial charge in [0.1, 0.15) is 42.9 Å². The molecule has 8 rings (SSSR count). The van der Waals surface area contributed by atoms with Crippen molar-refractivity contribution < 1.29 is 38.3 Å². The number of thiophene rings is 1. The average Bonchev–Trinajstić information content (AvgIpc) is 3.74. The van der Waals surface area contributed by atoms with E-state index in [4.69, 9.17) is 28.4 Å². The number of amides is 1. The topological polar surface area (TPSA) is 95.9 Å². The molecule has 342 valence electrons. The number of benzene rings is 6. The Morgan fingerprint density at radius 3 is 1.71 bits per heavy atom. The molecule has 0 unspecified atom stereocenters. The maximum atomic E-state index is 12.4. The third-order valence-electron chi connectivity index (χ3n) is 11.7. The van der Waals surface area contributed by atoms with Gasteiger partial charge in [0.05, 0.1) is 39.6 Å². The first-order valence-electron chi connectivity index (χ1n) is 22.7. The number of hydrogen-bond donors (Lipinski definition) is 1. The number of carbonyl (C=O) groups is 1. The number of nitrogens with zero attached hydrogens (tertiary/aromatic N) is 1. The van der Waals surface area contributed by atoms with E-state index in [0.29, 0.717) is 32.0 Å². The fourth-order valence-corrected chi connectivity index (χ4v) is 9.49. The molecule has 0 saturated carbocycles. The lowest BCUT2D eigenvalue weighted by atomic mass is 9.89. The van der Waals surface area contributed by atoms with Gasteiger partial charge < -0.3 is 38.4 Å². The zero-order valence-electron chi connectivity index (χ0n) is 37.9. The molecule has 9 nitrogen and oxygen atoms in total. The van der Waals surface area contributed by atoms with Crippen LogP contribution >= 0.6 is 11.3 Å². The molecule has 1 N–H and O–H groups in total. The lowest BCUT2D eigenvalue weighted by molar-refractivity contribution is -0.275. The largest absolute Gasteiger partial charge is 0.491 e. The summed E-state index contributed by atoms with van der Waals surface area (Å²) in [6, 6.07) is 57.3. The van der Waals surface area contributed by atoms with Crippen LogP contribution in [0.1, 0.15) is 65.1 Å². The molecule has 2 heterocycles. The van der Waals surface area contributed by atoms with Gasteiger partial charge in [-0.15, -0.1) is 11.3 Å². The minimum atomic E-state index is -1.01. The van der Waals surface area contributed by atoms with E-state index < -0.39 is 42.2 Å². The van der Waals surface area contributed by atoms with Crippen molar-refractivity contribution in [3.63, 3.8) is 0 Å². The van der Waals surface area contributed by atoms with E-state index in [9.17, 15) is 9.90 Å². The van der Waals surface area contributed by atoms with Gasteiger partial charge in [0, 0.05) is 27.1 Å². The highest BCUT2D eigenvalue weighted by atomic mass is 32.1. The Morgan fingerprint density at radius 2 is 1.15 bits per heavy atom. The number of rotatable bonds is 20. The molecule has 66 heavy (non-hydrogen) atoms. The van der Waals surface area contributed by atoms with Crippen molar-refractivity contribution in [2.45, 2.75) is 89.7 Å². The van der Waals surface area contributed by atoms with Gasteiger partial charge in [-0.25, -0.2) is 4.79 Å². The molecule has 1 aromatic heterocycles. The second kappa shape index (κ2) is 22.6. The predicted octanol–water partition coefficient (Wildman–Crippen LogP) is 12.1. The number of carboxylic acid groups (broad SMARTS) is 1. The Labute approximate surface area is 392 Å². The van der Waals surface area contributed by atoms with Crippen molar-refractivity contribution >= 4 is 27.5 Å². The van der Waals surface area contributed by atoms with Crippen LogP contribution in [0.4, 0.5) is 4.79 Å². The van der Waals surface area contributed by atoms with Crippen molar-refractivity contribution in [2.24, 2.45) is 0 Å². The number of hydrogen-bond acceptors (Lipinski definition) is 8. The average molecular weight is 906 g/mol. The van der Waals surface area contributed by atoms with E-state index in [1.54, 1.807) is 11.3 Å². The van der Waals surface area contributed by atoms with Gasteiger partial charge >= 0.3 is 6.09 Å². The van der Waals surface area contributed by atoms with Crippen LogP contribution in [0.5, 0.6) is 5.75 Å². The monoisotopic (exact) mass is 905 g/mol. The molecular formula is C56H59NO8S. The molecular weight excluding hydrogens is 847 g/mol. The standard InChI is InChI=1S/C56H59NO8S/c1-56(2,3)57(55(58)59)30-31-61-48-29-28-44(32-46-34-45-26-16-17-27-50(45)66-46)33-47(48)51-53(63-37-42-22-12-6-13-23-42)54(64-38-43-24-14-7-15-25-43)52(62-36-41-20-10-5-11-21-41)49(65-51)39-60-35-40-18-8-4-9-19-40/h4-29,33-34,49,51-54H,30-32,35-39H2,1-3H3,(H,58,59)/t49-,51+,52-,53+,54+/m1/s1. The Hall–Kier alpha value is -5.85. The SMILES string of the molecule is CC(C)(C)N(CCOc1ccc(Cc2cc3ccccc3s2)cc1[C@@H]1O[C@H](COCc2ccccc2)[C@@H](OCc2ccccc2)[C@H](OCc2ccccc2)[C@H]1OCc1ccccc1)C(=O)O. The summed E-state index contributed by atoms with van der Waals surface area (Å²) in [6.07, 6.45) is -3.63. The van der Waals surface area contributed by atoms with E-state index >= 15 is 0 Å². The molecule has 0 spiro atoms. The fourth-order valence-electron chi connectivity index (χ4n) is 8.39. The van der Waals surface area contributed by atoms with Crippen molar-refractivity contribution in [3.8, 4) is 5.75 Å². The summed E-state index contributed by atoms with van der Waals surface area (Å²) in [5.74, 6) is 0.571. The second-order valence-corrected chi connectivity index (χ2v) is 18.8. The minimum Gasteiger partial charge on any atom is -0.491 e. The zero-order valence-corrected chi connectivity index (χ0v) is 38.7. The van der Waals surface area contributed by atoms with Crippen LogP contribution < -0.4 is 4.74 Å². The highest BCUT2D eigenvalue weighted by Crippen LogP contribution is 2.43. The first kappa shape index (κ1) is 46.7. The van der Waals surface area contributed by atoms with E-state index in [-0.39, 0.29) is 26.4 Å². The van der Waals surface area contributed by atoms with Crippen LogP contribution in [-0.4, -0.2) is 65.8 Å². The van der Waals surface area contributed by atoms with Crippen LogP contribution in [0.3, 0.4) is 0 Å². The van der Waals surface area contributed by atoms with Gasteiger partial charge in [0.25, 0.3) is 0 Å².